The molecule has 1 fully saturated rings. The molecule has 0 aromatic heterocycles. The molecule has 1 heterocycles. The first kappa shape index (κ1) is 19.8. The Bertz CT molecular complexity index is 753. The number of aryl methyl sites for hydroxylation is 1. The van der Waals surface area contributed by atoms with Crippen molar-refractivity contribution in [3.05, 3.63) is 70.5 Å². The van der Waals surface area contributed by atoms with Crippen LogP contribution in [0.5, 0.6) is 0 Å². The van der Waals surface area contributed by atoms with Gasteiger partial charge in [0.1, 0.15) is 5.82 Å². The largest absolute Gasteiger partial charge is 0.395 e. The van der Waals surface area contributed by atoms with E-state index in [-0.39, 0.29) is 23.7 Å². The summed E-state index contributed by atoms with van der Waals surface area (Å²) in [5.41, 5.74) is 1.83. The van der Waals surface area contributed by atoms with Gasteiger partial charge in [-0.15, -0.1) is 0 Å². The molecule has 0 bridgehead atoms. The van der Waals surface area contributed by atoms with Crippen molar-refractivity contribution in [2.24, 2.45) is 0 Å². The van der Waals surface area contributed by atoms with Crippen LogP contribution in [0.2, 0.25) is 5.02 Å². The van der Waals surface area contributed by atoms with E-state index in [2.05, 4.69) is 0 Å². The van der Waals surface area contributed by atoms with Crippen LogP contribution in [0.25, 0.3) is 0 Å². The third-order valence-electron chi connectivity index (χ3n) is 5.60. The zero-order valence-corrected chi connectivity index (χ0v) is 16.1. The first-order valence-electron chi connectivity index (χ1n) is 9.41. The van der Waals surface area contributed by atoms with Gasteiger partial charge in [0.2, 0.25) is 5.91 Å². The highest BCUT2D eigenvalue weighted by Crippen LogP contribution is 2.36. The molecule has 0 saturated carbocycles. The normalized spacial score (nSPS) is 16.3. The maximum absolute atomic E-state index is 12.9. The minimum Gasteiger partial charge on any atom is -0.395 e. The van der Waals surface area contributed by atoms with Gasteiger partial charge in [0.15, 0.2) is 0 Å². The Balaban J connectivity index is 1.50. The molecule has 3 rings (SSSR count). The molecule has 0 aliphatic carbocycles. The first-order valence-corrected chi connectivity index (χ1v) is 9.79. The number of hydrogen-bond donors (Lipinski definition) is 1. The molecule has 3 nitrogen and oxygen atoms in total. The maximum Gasteiger partial charge on any atom is 0.222 e. The Morgan fingerprint density at radius 2 is 1.70 bits per heavy atom. The van der Waals surface area contributed by atoms with Gasteiger partial charge in [0.25, 0.3) is 0 Å². The monoisotopic (exact) mass is 389 g/mol. The van der Waals surface area contributed by atoms with Crippen LogP contribution in [0.4, 0.5) is 4.39 Å². The quantitative estimate of drug-likeness (QED) is 0.797. The minimum absolute atomic E-state index is 0.0707. The van der Waals surface area contributed by atoms with Crippen molar-refractivity contribution in [1.29, 1.82) is 0 Å². The summed E-state index contributed by atoms with van der Waals surface area (Å²) in [5.74, 6) is -0.0871. The lowest BCUT2D eigenvalue weighted by Crippen LogP contribution is -2.46. The second-order valence-electron chi connectivity index (χ2n) is 7.31. The first-order chi connectivity index (χ1) is 13.0. The maximum atomic E-state index is 12.9. The highest BCUT2D eigenvalue weighted by Gasteiger charge is 2.36. The van der Waals surface area contributed by atoms with Crippen molar-refractivity contribution in [3.63, 3.8) is 0 Å². The second-order valence-corrected chi connectivity index (χ2v) is 7.74. The summed E-state index contributed by atoms with van der Waals surface area (Å²) < 4.78 is 12.9. The lowest BCUT2D eigenvalue weighted by atomic mass is 9.73. The van der Waals surface area contributed by atoms with Crippen LogP contribution in [0.1, 0.15) is 36.8 Å². The van der Waals surface area contributed by atoms with Gasteiger partial charge in [-0.1, -0.05) is 35.9 Å². The van der Waals surface area contributed by atoms with E-state index >= 15 is 0 Å². The lowest BCUT2D eigenvalue weighted by Gasteiger charge is -2.41. The molecular weight excluding hydrogens is 365 g/mol. The van der Waals surface area contributed by atoms with Gasteiger partial charge >= 0.3 is 0 Å². The summed E-state index contributed by atoms with van der Waals surface area (Å²) in [7, 11) is 0. The Labute approximate surface area is 164 Å². The SMILES string of the molecule is O=C(CCCc1ccc(F)cc1)N1CCC(CO)(c2ccc(Cl)cc2)CC1. The topological polar surface area (TPSA) is 40.5 Å². The van der Waals surface area contributed by atoms with E-state index in [1.165, 1.54) is 12.1 Å². The van der Waals surface area contributed by atoms with Crippen LogP contribution >= 0.6 is 11.6 Å². The molecule has 1 amide bonds. The van der Waals surface area contributed by atoms with E-state index in [1.807, 2.05) is 29.2 Å². The number of carbonyl (C=O) groups excluding carboxylic acids is 1. The number of halogens is 2. The van der Waals surface area contributed by atoms with Gasteiger partial charge in [0, 0.05) is 29.9 Å². The van der Waals surface area contributed by atoms with Crippen LogP contribution in [-0.2, 0) is 16.6 Å². The minimum atomic E-state index is -0.296. The average molecular weight is 390 g/mol. The fourth-order valence-electron chi connectivity index (χ4n) is 3.78. The summed E-state index contributed by atoms with van der Waals surface area (Å²) in [6.07, 6.45) is 3.50. The number of nitrogens with zero attached hydrogens (tertiary/aromatic N) is 1. The molecule has 0 unspecified atom stereocenters. The molecule has 27 heavy (non-hydrogen) atoms. The van der Waals surface area contributed by atoms with Gasteiger partial charge < -0.3 is 10.0 Å². The van der Waals surface area contributed by atoms with Crippen molar-refractivity contribution in [2.75, 3.05) is 19.7 Å². The van der Waals surface area contributed by atoms with Crippen LogP contribution in [0.3, 0.4) is 0 Å². The molecule has 1 saturated heterocycles. The van der Waals surface area contributed by atoms with Crippen molar-refractivity contribution < 1.29 is 14.3 Å². The highest BCUT2D eigenvalue weighted by molar-refractivity contribution is 6.30. The molecule has 5 heteroatoms. The zero-order valence-electron chi connectivity index (χ0n) is 15.3. The molecule has 144 valence electrons. The Hall–Kier alpha value is -1.91. The molecule has 0 spiro atoms. The molecule has 1 aliphatic rings. The third kappa shape index (κ3) is 4.88. The van der Waals surface area contributed by atoms with Crippen LogP contribution in [0, 0.1) is 5.82 Å². The van der Waals surface area contributed by atoms with Gasteiger partial charge in [0.05, 0.1) is 6.61 Å². The fraction of sp³-hybridized carbons (Fsp3) is 0.409. The third-order valence-corrected chi connectivity index (χ3v) is 5.85. The van der Waals surface area contributed by atoms with Crippen molar-refractivity contribution >= 4 is 17.5 Å². The van der Waals surface area contributed by atoms with Gasteiger partial charge in [-0.3, -0.25) is 4.79 Å². The van der Waals surface area contributed by atoms with E-state index in [9.17, 15) is 14.3 Å². The molecule has 2 aromatic carbocycles. The average Bonchev–Trinajstić information content (AvgIpc) is 2.70. The van der Waals surface area contributed by atoms with E-state index < -0.39 is 0 Å². The number of hydrogen-bond acceptors (Lipinski definition) is 2. The number of likely N-dealkylation sites (tertiary alicyclic amines) is 1. The smallest absolute Gasteiger partial charge is 0.222 e. The van der Waals surface area contributed by atoms with E-state index in [1.54, 1.807) is 12.1 Å². The molecule has 1 N–H and O–H groups in total. The van der Waals surface area contributed by atoms with Gasteiger partial charge in [-0.2, -0.15) is 0 Å². The van der Waals surface area contributed by atoms with Crippen LogP contribution in [0.15, 0.2) is 48.5 Å². The second kappa shape index (κ2) is 8.85. The Kier molecular flexibility index (Phi) is 6.51. The Morgan fingerprint density at radius 1 is 1.07 bits per heavy atom. The van der Waals surface area contributed by atoms with Gasteiger partial charge in [-0.05, 0) is 61.1 Å². The number of rotatable bonds is 6. The molecule has 0 atom stereocenters. The van der Waals surface area contributed by atoms with Gasteiger partial charge in [-0.25, -0.2) is 4.39 Å². The number of aliphatic hydroxyl groups excluding tert-OH is 1. The van der Waals surface area contributed by atoms with Crippen LogP contribution in [-0.4, -0.2) is 35.6 Å². The van der Waals surface area contributed by atoms with Crippen molar-refractivity contribution in [3.8, 4) is 0 Å². The number of benzene rings is 2. The highest BCUT2D eigenvalue weighted by atomic mass is 35.5. The predicted octanol–water partition coefficient (Wildman–Crippen LogP) is 4.35. The van der Waals surface area contributed by atoms with E-state index in [4.69, 9.17) is 11.6 Å². The number of carbonyl (C=O) groups is 1. The lowest BCUT2D eigenvalue weighted by molar-refractivity contribution is -0.133. The summed E-state index contributed by atoms with van der Waals surface area (Å²) in [6, 6.07) is 14.1. The van der Waals surface area contributed by atoms with Crippen molar-refractivity contribution in [1.82, 2.24) is 4.90 Å². The van der Waals surface area contributed by atoms with Crippen molar-refractivity contribution in [2.45, 2.75) is 37.5 Å². The summed E-state index contributed by atoms with van der Waals surface area (Å²) in [4.78, 5) is 14.4. The molecule has 0 radical (unpaired) electrons. The summed E-state index contributed by atoms with van der Waals surface area (Å²) in [6.45, 7) is 1.37. The Morgan fingerprint density at radius 3 is 2.30 bits per heavy atom. The molecule has 2 aromatic rings. The van der Waals surface area contributed by atoms with E-state index in [0.29, 0.717) is 24.5 Å². The standard InChI is InChI=1S/C22H25ClFNO2/c23-19-8-6-18(7-9-19)22(16-26)12-14-25(15-13-22)21(27)3-1-2-17-4-10-20(24)11-5-17/h4-11,26H,1-3,12-16H2. The summed E-state index contributed by atoms with van der Waals surface area (Å²) in [5, 5.41) is 10.7. The molecule has 1 aliphatic heterocycles. The number of piperidine rings is 1. The number of aliphatic hydroxyl groups is 1. The predicted molar refractivity (Wildman–Crippen MR) is 105 cm³/mol. The zero-order chi connectivity index (χ0) is 19.3. The molecular formula is C22H25ClFNO2. The van der Waals surface area contributed by atoms with Crippen LogP contribution < -0.4 is 0 Å². The van der Waals surface area contributed by atoms with E-state index in [0.717, 1.165) is 36.8 Å². The number of amides is 1. The summed E-state index contributed by atoms with van der Waals surface area (Å²) >= 11 is 5.97. The fourth-order valence-corrected chi connectivity index (χ4v) is 3.90.